The molecular formula is C14H22ClNS. The molecular weight excluding hydrogens is 250 g/mol. The zero-order valence-corrected chi connectivity index (χ0v) is 12.7. The van der Waals surface area contributed by atoms with Crippen LogP contribution >= 0.6 is 23.4 Å². The molecule has 1 unspecified atom stereocenters. The van der Waals surface area contributed by atoms with Crippen molar-refractivity contribution in [1.29, 1.82) is 0 Å². The van der Waals surface area contributed by atoms with Gasteiger partial charge in [-0.15, -0.1) is 11.8 Å². The maximum Gasteiger partial charge on any atom is 0.0545 e. The Labute approximate surface area is 114 Å². The minimum absolute atomic E-state index is 0.366. The summed E-state index contributed by atoms with van der Waals surface area (Å²) in [5.74, 6) is 0. The molecule has 0 aromatic heterocycles. The highest BCUT2D eigenvalue weighted by Gasteiger charge is 2.08. The van der Waals surface area contributed by atoms with Gasteiger partial charge in [-0.2, -0.15) is 0 Å². The molecule has 1 atom stereocenters. The monoisotopic (exact) mass is 271 g/mol. The minimum Gasteiger partial charge on any atom is -0.310 e. The molecule has 0 radical (unpaired) electrons. The first-order valence-corrected chi connectivity index (χ1v) is 7.49. The summed E-state index contributed by atoms with van der Waals surface area (Å²) in [7, 11) is 0. The highest BCUT2D eigenvalue weighted by atomic mass is 35.5. The van der Waals surface area contributed by atoms with E-state index in [1.54, 1.807) is 0 Å². The van der Waals surface area contributed by atoms with Crippen LogP contribution < -0.4 is 5.32 Å². The van der Waals surface area contributed by atoms with E-state index in [0.717, 1.165) is 18.0 Å². The normalized spacial score (nSPS) is 13.1. The molecule has 17 heavy (non-hydrogen) atoms. The Kier molecular flexibility index (Phi) is 6.39. The summed E-state index contributed by atoms with van der Waals surface area (Å²) >= 11 is 8.11. The largest absolute Gasteiger partial charge is 0.310 e. The average Bonchev–Trinajstić information content (AvgIpc) is 2.28. The van der Waals surface area contributed by atoms with E-state index in [1.807, 2.05) is 11.8 Å². The quantitative estimate of drug-likeness (QED) is 0.739. The van der Waals surface area contributed by atoms with E-state index in [9.17, 15) is 0 Å². The molecule has 1 aromatic rings. The predicted octanol–water partition coefficient (Wildman–Crippen LogP) is 4.90. The van der Waals surface area contributed by atoms with E-state index in [2.05, 4.69) is 51.2 Å². The van der Waals surface area contributed by atoms with Crippen molar-refractivity contribution in [3.05, 3.63) is 28.8 Å². The van der Waals surface area contributed by atoms with E-state index in [4.69, 9.17) is 11.6 Å². The summed E-state index contributed by atoms with van der Waals surface area (Å²) < 4.78 is 0. The van der Waals surface area contributed by atoms with Crippen molar-refractivity contribution < 1.29 is 0 Å². The van der Waals surface area contributed by atoms with Crippen LogP contribution in [0.1, 0.15) is 45.7 Å². The molecule has 0 heterocycles. The van der Waals surface area contributed by atoms with E-state index in [1.165, 1.54) is 10.5 Å². The first-order chi connectivity index (χ1) is 8.04. The van der Waals surface area contributed by atoms with Gasteiger partial charge in [-0.3, -0.25) is 0 Å². The lowest BCUT2D eigenvalue weighted by Crippen LogP contribution is -2.19. The van der Waals surface area contributed by atoms with E-state index in [0.29, 0.717) is 11.3 Å². The molecule has 0 saturated carbocycles. The molecule has 0 aliphatic heterocycles. The molecule has 1 aromatic carbocycles. The number of rotatable bonds is 6. The Morgan fingerprint density at radius 1 is 1.29 bits per heavy atom. The maximum absolute atomic E-state index is 6.30. The molecule has 96 valence electrons. The first-order valence-electron chi connectivity index (χ1n) is 6.24. The van der Waals surface area contributed by atoms with Gasteiger partial charge in [0.05, 0.1) is 5.02 Å². The lowest BCUT2D eigenvalue weighted by molar-refractivity contribution is 0.570. The van der Waals surface area contributed by atoms with Crippen molar-refractivity contribution in [2.24, 2.45) is 0 Å². The third kappa shape index (κ3) is 4.90. The lowest BCUT2D eigenvalue weighted by atomic mass is 10.1. The van der Waals surface area contributed by atoms with Crippen LogP contribution in [-0.2, 0) is 0 Å². The number of halogens is 1. The van der Waals surface area contributed by atoms with Crippen LogP contribution in [0.15, 0.2) is 23.1 Å². The third-order valence-corrected chi connectivity index (χ3v) is 4.03. The standard InChI is InChI=1S/C14H22ClNS/c1-5-8-16-11(4)12-6-7-14(13(15)9-12)17-10(2)3/h6-7,9-11,16H,5,8H2,1-4H3. The fourth-order valence-electron chi connectivity index (χ4n) is 1.61. The second-order valence-corrected chi connectivity index (χ2v) is 6.56. The fourth-order valence-corrected chi connectivity index (χ4v) is 2.76. The fraction of sp³-hybridized carbons (Fsp3) is 0.571. The molecule has 0 saturated heterocycles. The SMILES string of the molecule is CCCNC(C)c1ccc(SC(C)C)c(Cl)c1. The summed E-state index contributed by atoms with van der Waals surface area (Å²) in [6.07, 6.45) is 1.15. The summed E-state index contributed by atoms with van der Waals surface area (Å²) in [5, 5.41) is 4.90. The number of thioether (sulfide) groups is 1. The topological polar surface area (TPSA) is 12.0 Å². The number of benzene rings is 1. The molecule has 1 nitrogen and oxygen atoms in total. The number of hydrogen-bond donors (Lipinski definition) is 1. The van der Waals surface area contributed by atoms with Crippen LogP contribution in [-0.4, -0.2) is 11.8 Å². The minimum atomic E-state index is 0.366. The molecule has 0 aliphatic rings. The molecule has 0 bridgehead atoms. The van der Waals surface area contributed by atoms with Crippen molar-refractivity contribution in [2.45, 2.75) is 50.3 Å². The van der Waals surface area contributed by atoms with Crippen LogP contribution in [0.5, 0.6) is 0 Å². The van der Waals surface area contributed by atoms with Crippen molar-refractivity contribution in [3.8, 4) is 0 Å². The maximum atomic E-state index is 6.30. The van der Waals surface area contributed by atoms with Crippen molar-refractivity contribution >= 4 is 23.4 Å². The van der Waals surface area contributed by atoms with Gasteiger partial charge in [0.25, 0.3) is 0 Å². The van der Waals surface area contributed by atoms with Gasteiger partial charge < -0.3 is 5.32 Å². The Morgan fingerprint density at radius 2 is 2.00 bits per heavy atom. The van der Waals surface area contributed by atoms with Crippen LogP contribution in [0.25, 0.3) is 0 Å². The second kappa shape index (κ2) is 7.30. The van der Waals surface area contributed by atoms with E-state index < -0.39 is 0 Å². The summed E-state index contributed by atoms with van der Waals surface area (Å²) in [4.78, 5) is 1.17. The van der Waals surface area contributed by atoms with E-state index >= 15 is 0 Å². The molecule has 1 N–H and O–H groups in total. The highest BCUT2D eigenvalue weighted by molar-refractivity contribution is 8.00. The van der Waals surface area contributed by atoms with Gasteiger partial charge in [0.15, 0.2) is 0 Å². The molecule has 0 spiro atoms. The number of nitrogens with one attached hydrogen (secondary N) is 1. The molecule has 0 fully saturated rings. The predicted molar refractivity (Wildman–Crippen MR) is 79.2 cm³/mol. The second-order valence-electron chi connectivity index (χ2n) is 4.53. The number of hydrogen-bond acceptors (Lipinski definition) is 2. The van der Waals surface area contributed by atoms with Gasteiger partial charge >= 0.3 is 0 Å². The van der Waals surface area contributed by atoms with E-state index in [-0.39, 0.29) is 0 Å². The van der Waals surface area contributed by atoms with Crippen LogP contribution in [0.2, 0.25) is 5.02 Å². The summed E-state index contributed by atoms with van der Waals surface area (Å²) in [6.45, 7) is 9.76. The van der Waals surface area contributed by atoms with Gasteiger partial charge in [0, 0.05) is 16.2 Å². The van der Waals surface area contributed by atoms with Crippen molar-refractivity contribution in [3.63, 3.8) is 0 Å². The Balaban J connectivity index is 2.73. The van der Waals surface area contributed by atoms with Gasteiger partial charge in [-0.05, 0) is 37.6 Å². The van der Waals surface area contributed by atoms with Gasteiger partial charge in [0.1, 0.15) is 0 Å². The van der Waals surface area contributed by atoms with Crippen LogP contribution in [0, 0.1) is 0 Å². The zero-order chi connectivity index (χ0) is 12.8. The zero-order valence-electron chi connectivity index (χ0n) is 11.1. The van der Waals surface area contributed by atoms with Crippen LogP contribution in [0.3, 0.4) is 0 Å². The smallest absolute Gasteiger partial charge is 0.0545 e. The summed E-state index contributed by atoms with van der Waals surface area (Å²) in [5.41, 5.74) is 1.26. The Bertz CT molecular complexity index is 352. The lowest BCUT2D eigenvalue weighted by Gasteiger charge is -2.15. The Morgan fingerprint density at radius 3 is 2.53 bits per heavy atom. The molecule has 1 rings (SSSR count). The molecule has 0 amide bonds. The highest BCUT2D eigenvalue weighted by Crippen LogP contribution is 2.32. The van der Waals surface area contributed by atoms with Gasteiger partial charge in [-0.25, -0.2) is 0 Å². The van der Waals surface area contributed by atoms with Gasteiger partial charge in [-0.1, -0.05) is 38.4 Å². The van der Waals surface area contributed by atoms with Gasteiger partial charge in [0.2, 0.25) is 0 Å². The molecule has 0 aliphatic carbocycles. The first kappa shape index (κ1) is 14.9. The summed E-state index contributed by atoms with van der Waals surface area (Å²) in [6, 6.07) is 6.75. The molecule has 3 heteroatoms. The third-order valence-electron chi connectivity index (χ3n) is 2.52. The van der Waals surface area contributed by atoms with Crippen LogP contribution in [0.4, 0.5) is 0 Å². The van der Waals surface area contributed by atoms with Crippen molar-refractivity contribution in [1.82, 2.24) is 5.32 Å². The average molecular weight is 272 g/mol. The van der Waals surface area contributed by atoms with Crippen molar-refractivity contribution in [2.75, 3.05) is 6.54 Å². The Hall–Kier alpha value is -0.180.